The van der Waals surface area contributed by atoms with E-state index in [1.807, 2.05) is 0 Å². The minimum absolute atomic E-state index is 0.403. The van der Waals surface area contributed by atoms with E-state index in [4.69, 9.17) is 11.6 Å². The average molecular weight is 152 g/mol. The Balaban J connectivity index is 4.00. The highest BCUT2D eigenvalue weighted by Crippen LogP contribution is 2.03. The van der Waals surface area contributed by atoms with Crippen LogP contribution in [-0.4, -0.2) is 25.0 Å². The predicted molar refractivity (Wildman–Crippen MR) is 33.7 cm³/mol. The Bertz CT molecular complexity index is 144. The topological polar surface area (TPSA) is 20.3 Å². The summed E-state index contributed by atoms with van der Waals surface area (Å²) in [6, 6.07) is -1.61. The monoisotopic (exact) mass is 151 g/mol. The molecule has 0 rings (SSSR count). The zero-order valence-electron chi connectivity index (χ0n) is 5.19. The van der Waals surface area contributed by atoms with Gasteiger partial charge in [0.1, 0.15) is 5.03 Å². The molecule has 0 aliphatic rings. The SMILES string of the molecule is CN(C)/C=C(\Cl)C(=O)F. The molecule has 2 nitrogen and oxygen atoms in total. The summed E-state index contributed by atoms with van der Waals surface area (Å²) < 4.78 is 11.6. The van der Waals surface area contributed by atoms with Crippen LogP contribution in [0.25, 0.3) is 0 Å². The number of allylic oxidation sites excluding steroid dienone is 1. The summed E-state index contributed by atoms with van der Waals surface area (Å²) in [7, 11) is 3.29. The van der Waals surface area contributed by atoms with E-state index in [-0.39, 0.29) is 0 Å². The van der Waals surface area contributed by atoms with Crippen LogP contribution in [-0.2, 0) is 4.79 Å². The van der Waals surface area contributed by atoms with Crippen LogP contribution in [0.2, 0.25) is 0 Å². The Morgan fingerprint density at radius 1 is 1.67 bits per heavy atom. The molecule has 9 heavy (non-hydrogen) atoms. The largest absolute Gasteiger partial charge is 0.382 e. The van der Waals surface area contributed by atoms with Gasteiger partial charge in [0.15, 0.2) is 0 Å². The van der Waals surface area contributed by atoms with Gasteiger partial charge in [-0.1, -0.05) is 11.6 Å². The molecular formula is C5H7ClFNO. The van der Waals surface area contributed by atoms with Crippen molar-refractivity contribution in [2.24, 2.45) is 0 Å². The summed E-state index contributed by atoms with van der Waals surface area (Å²) in [5, 5.41) is -0.403. The molecule has 0 saturated heterocycles. The van der Waals surface area contributed by atoms with Crippen LogP contribution in [0.5, 0.6) is 0 Å². The van der Waals surface area contributed by atoms with Crippen LogP contribution in [0.1, 0.15) is 0 Å². The summed E-state index contributed by atoms with van der Waals surface area (Å²) in [6.45, 7) is 0. The third kappa shape index (κ3) is 3.97. The highest BCUT2D eigenvalue weighted by atomic mass is 35.5. The number of nitrogens with zero attached hydrogens (tertiary/aromatic N) is 1. The first-order chi connectivity index (χ1) is 4.04. The van der Waals surface area contributed by atoms with E-state index in [2.05, 4.69) is 0 Å². The third-order valence-electron chi connectivity index (χ3n) is 0.559. The maximum Gasteiger partial charge on any atom is 0.344 e. The van der Waals surface area contributed by atoms with Crippen LogP contribution in [0.4, 0.5) is 4.39 Å². The van der Waals surface area contributed by atoms with Crippen molar-refractivity contribution in [2.45, 2.75) is 0 Å². The molecule has 0 radical (unpaired) electrons. The standard InChI is InChI=1S/C5H7ClFNO/c1-8(2)3-4(6)5(7)9/h3H,1-2H3/b4-3-. The number of carbonyl (C=O) groups excluding carboxylic acids is 1. The highest BCUT2D eigenvalue weighted by Gasteiger charge is 2.02. The predicted octanol–water partition coefficient (Wildman–Crippen LogP) is 1.12. The van der Waals surface area contributed by atoms with Gasteiger partial charge in [0.05, 0.1) is 0 Å². The zero-order valence-corrected chi connectivity index (χ0v) is 5.94. The smallest absolute Gasteiger partial charge is 0.344 e. The Morgan fingerprint density at radius 2 is 2.11 bits per heavy atom. The molecule has 0 unspecified atom stereocenters. The van der Waals surface area contributed by atoms with Gasteiger partial charge in [-0.05, 0) is 0 Å². The maximum absolute atomic E-state index is 11.6. The van der Waals surface area contributed by atoms with Gasteiger partial charge in [-0.3, -0.25) is 4.79 Å². The first kappa shape index (κ1) is 8.43. The molecule has 52 valence electrons. The molecule has 0 aliphatic heterocycles. The van der Waals surface area contributed by atoms with Crippen molar-refractivity contribution in [3.8, 4) is 0 Å². The fourth-order valence-corrected chi connectivity index (χ4v) is 0.473. The van der Waals surface area contributed by atoms with Gasteiger partial charge in [0, 0.05) is 20.3 Å². The number of rotatable bonds is 2. The molecule has 0 amide bonds. The van der Waals surface area contributed by atoms with Gasteiger partial charge in [-0.2, -0.15) is 4.39 Å². The summed E-state index contributed by atoms with van der Waals surface area (Å²) in [5.74, 6) is 0. The maximum atomic E-state index is 11.6. The minimum atomic E-state index is -1.61. The zero-order chi connectivity index (χ0) is 7.44. The van der Waals surface area contributed by atoms with E-state index < -0.39 is 11.1 Å². The Morgan fingerprint density at radius 3 is 2.22 bits per heavy atom. The second kappa shape index (κ2) is 3.45. The van der Waals surface area contributed by atoms with Crippen molar-refractivity contribution in [1.82, 2.24) is 4.90 Å². The fraction of sp³-hybridized carbons (Fsp3) is 0.400. The van der Waals surface area contributed by atoms with E-state index in [0.717, 1.165) is 0 Å². The van der Waals surface area contributed by atoms with Crippen LogP contribution >= 0.6 is 11.6 Å². The van der Waals surface area contributed by atoms with E-state index in [1.165, 1.54) is 11.1 Å². The second-order valence-corrected chi connectivity index (χ2v) is 2.12. The van der Waals surface area contributed by atoms with Crippen molar-refractivity contribution in [2.75, 3.05) is 14.1 Å². The van der Waals surface area contributed by atoms with Gasteiger partial charge >= 0.3 is 6.04 Å². The van der Waals surface area contributed by atoms with E-state index >= 15 is 0 Å². The lowest BCUT2D eigenvalue weighted by Crippen LogP contribution is -2.03. The Labute approximate surface area is 57.9 Å². The Kier molecular flexibility index (Phi) is 3.24. The molecule has 4 heteroatoms. The van der Waals surface area contributed by atoms with Crippen LogP contribution in [0.3, 0.4) is 0 Å². The molecular weight excluding hydrogens is 145 g/mol. The molecule has 0 N–H and O–H groups in total. The highest BCUT2D eigenvalue weighted by molar-refractivity contribution is 6.41. The number of halogens is 2. The van der Waals surface area contributed by atoms with Crippen molar-refractivity contribution in [3.05, 3.63) is 11.2 Å². The van der Waals surface area contributed by atoms with E-state index in [1.54, 1.807) is 14.1 Å². The second-order valence-electron chi connectivity index (χ2n) is 1.71. The van der Waals surface area contributed by atoms with Crippen LogP contribution < -0.4 is 0 Å². The summed E-state index contributed by atoms with van der Waals surface area (Å²) in [5.41, 5.74) is 0. The van der Waals surface area contributed by atoms with Crippen molar-refractivity contribution >= 4 is 17.6 Å². The third-order valence-corrected chi connectivity index (χ3v) is 0.805. The van der Waals surface area contributed by atoms with Crippen molar-refractivity contribution < 1.29 is 9.18 Å². The Hall–Kier alpha value is -0.570. The van der Waals surface area contributed by atoms with Gasteiger partial charge in [0.25, 0.3) is 0 Å². The number of hydrogen-bond acceptors (Lipinski definition) is 2. The first-order valence-electron chi connectivity index (χ1n) is 2.27. The average Bonchev–Trinajstić information content (AvgIpc) is 1.63. The lowest BCUT2D eigenvalue weighted by molar-refractivity contribution is -0.124. The molecule has 0 aliphatic carbocycles. The van der Waals surface area contributed by atoms with Crippen LogP contribution in [0, 0.1) is 0 Å². The summed E-state index contributed by atoms with van der Waals surface area (Å²) >= 11 is 5.11. The summed E-state index contributed by atoms with van der Waals surface area (Å²) in [6.07, 6.45) is 1.20. The molecule has 0 aromatic rings. The lowest BCUT2D eigenvalue weighted by atomic mass is 10.6. The minimum Gasteiger partial charge on any atom is -0.382 e. The van der Waals surface area contributed by atoms with E-state index in [9.17, 15) is 9.18 Å². The number of carbonyl (C=O) groups is 1. The molecule has 0 fully saturated rings. The van der Waals surface area contributed by atoms with Crippen LogP contribution in [0.15, 0.2) is 11.2 Å². The molecule has 0 atom stereocenters. The normalized spacial score (nSPS) is 11.3. The molecule has 0 aromatic carbocycles. The van der Waals surface area contributed by atoms with Crippen molar-refractivity contribution in [1.29, 1.82) is 0 Å². The van der Waals surface area contributed by atoms with Gasteiger partial charge in [-0.15, -0.1) is 0 Å². The molecule has 0 bridgehead atoms. The van der Waals surface area contributed by atoms with Crippen molar-refractivity contribution in [3.63, 3.8) is 0 Å². The molecule has 0 heterocycles. The quantitative estimate of drug-likeness (QED) is 0.436. The fourth-order valence-electron chi connectivity index (χ4n) is 0.277. The molecule has 0 saturated carbocycles. The van der Waals surface area contributed by atoms with Gasteiger partial charge in [-0.25, -0.2) is 0 Å². The number of hydrogen-bond donors (Lipinski definition) is 0. The molecule has 0 aromatic heterocycles. The van der Waals surface area contributed by atoms with E-state index in [0.29, 0.717) is 0 Å². The van der Waals surface area contributed by atoms with Gasteiger partial charge in [0.2, 0.25) is 0 Å². The first-order valence-corrected chi connectivity index (χ1v) is 2.65. The summed E-state index contributed by atoms with van der Waals surface area (Å²) in [4.78, 5) is 11.3. The molecule has 0 spiro atoms. The lowest BCUT2D eigenvalue weighted by Gasteiger charge is -2.02. The van der Waals surface area contributed by atoms with Gasteiger partial charge < -0.3 is 4.90 Å².